The molecule has 0 radical (unpaired) electrons. The number of carbonyl (C=O) groups excluding carboxylic acids is 1. The Hall–Kier alpha value is -2.56. The summed E-state index contributed by atoms with van der Waals surface area (Å²) < 4.78 is 5.38. The van der Waals surface area contributed by atoms with Crippen molar-refractivity contribution in [3.05, 3.63) is 63.1 Å². The van der Waals surface area contributed by atoms with Gasteiger partial charge in [0.15, 0.2) is 0 Å². The number of aromatic amines is 1. The predicted molar refractivity (Wildman–Crippen MR) is 85.3 cm³/mol. The first kappa shape index (κ1) is 15.8. The van der Waals surface area contributed by atoms with Crippen LogP contribution in [-0.2, 0) is 6.54 Å². The number of benzene rings is 1. The van der Waals surface area contributed by atoms with Gasteiger partial charge in [0.1, 0.15) is 5.75 Å². The van der Waals surface area contributed by atoms with Crippen molar-refractivity contribution in [1.29, 1.82) is 0 Å². The van der Waals surface area contributed by atoms with Crippen molar-refractivity contribution in [2.45, 2.75) is 27.3 Å². The fraction of sp³-hybridized carbons (Fsp3) is 0.294. The molecule has 5 nitrogen and oxygen atoms in total. The number of amides is 1. The van der Waals surface area contributed by atoms with Gasteiger partial charge < -0.3 is 15.0 Å². The van der Waals surface area contributed by atoms with E-state index in [9.17, 15) is 9.59 Å². The van der Waals surface area contributed by atoms with E-state index in [0.717, 1.165) is 11.3 Å². The van der Waals surface area contributed by atoms with Gasteiger partial charge in [-0.1, -0.05) is 6.07 Å². The highest BCUT2D eigenvalue weighted by atomic mass is 16.5. The van der Waals surface area contributed by atoms with Crippen LogP contribution < -0.4 is 15.6 Å². The monoisotopic (exact) mass is 300 g/mol. The van der Waals surface area contributed by atoms with Crippen molar-refractivity contribution in [3.63, 3.8) is 0 Å². The fourth-order valence-electron chi connectivity index (χ4n) is 2.27. The summed E-state index contributed by atoms with van der Waals surface area (Å²) in [6.45, 7) is 6.32. The molecule has 0 atom stereocenters. The Morgan fingerprint density at radius 3 is 2.73 bits per heavy atom. The van der Waals surface area contributed by atoms with Gasteiger partial charge in [-0.15, -0.1) is 0 Å². The minimum atomic E-state index is -0.235. The van der Waals surface area contributed by atoms with Crippen molar-refractivity contribution in [3.8, 4) is 5.75 Å². The smallest absolute Gasteiger partial charge is 0.253 e. The van der Waals surface area contributed by atoms with E-state index in [0.29, 0.717) is 23.5 Å². The van der Waals surface area contributed by atoms with Crippen molar-refractivity contribution in [2.75, 3.05) is 6.61 Å². The zero-order valence-corrected chi connectivity index (χ0v) is 13.0. The lowest BCUT2D eigenvalue weighted by Crippen LogP contribution is -2.27. The largest absolute Gasteiger partial charge is 0.494 e. The highest BCUT2D eigenvalue weighted by Crippen LogP contribution is 2.13. The van der Waals surface area contributed by atoms with Crippen molar-refractivity contribution in [1.82, 2.24) is 10.3 Å². The second kappa shape index (κ2) is 6.93. The molecule has 0 saturated carbocycles. The van der Waals surface area contributed by atoms with Crippen LogP contribution in [0.4, 0.5) is 0 Å². The van der Waals surface area contributed by atoms with Crippen LogP contribution in [0.15, 0.2) is 35.1 Å². The number of H-pyrrole nitrogens is 1. The van der Waals surface area contributed by atoms with Crippen molar-refractivity contribution >= 4 is 5.91 Å². The minimum Gasteiger partial charge on any atom is -0.494 e. The molecule has 0 saturated heterocycles. The molecule has 0 bridgehead atoms. The van der Waals surface area contributed by atoms with Crippen molar-refractivity contribution in [2.24, 2.45) is 0 Å². The average molecular weight is 300 g/mol. The molecule has 22 heavy (non-hydrogen) atoms. The topological polar surface area (TPSA) is 71.2 Å². The third-order valence-corrected chi connectivity index (χ3v) is 3.33. The van der Waals surface area contributed by atoms with E-state index in [1.54, 1.807) is 24.3 Å². The molecule has 1 aromatic heterocycles. The number of ether oxygens (including phenoxy) is 1. The number of nitrogens with one attached hydrogen (secondary N) is 2. The maximum absolute atomic E-state index is 12.2. The van der Waals surface area contributed by atoms with Gasteiger partial charge in [0, 0.05) is 23.4 Å². The third kappa shape index (κ3) is 3.75. The summed E-state index contributed by atoms with van der Waals surface area (Å²) in [6.07, 6.45) is 0. The SMILES string of the molecule is CCOc1cccc(C(=O)NCc2c(C)cc(C)[nH]c2=O)c1. The van der Waals surface area contributed by atoms with Crippen LogP contribution in [0.3, 0.4) is 0 Å². The lowest BCUT2D eigenvalue weighted by molar-refractivity contribution is 0.0950. The van der Waals surface area contributed by atoms with Gasteiger partial charge >= 0.3 is 0 Å². The summed E-state index contributed by atoms with van der Waals surface area (Å²) >= 11 is 0. The minimum absolute atomic E-state index is 0.166. The van der Waals surface area contributed by atoms with E-state index in [-0.39, 0.29) is 18.0 Å². The lowest BCUT2D eigenvalue weighted by Gasteiger charge is -2.09. The summed E-state index contributed by atoms with van der Waals surface area (Å²) in [5.41, 5.74) is 2.58. The Kier molecular flexibility index (Phi) is 4.99. The molecule has 2 rings (SSSR count). The zero-order chi connectivity index (χ0) is 16.1. The maximum atomic E-state index is 12.2. The summed E-state index contributed by atoms with van der Waals surface area (Å²) in [5.74, 6) is 0.417. The Morgan fingerprint density at radius 2 is 2.05 bits per heavy atom. The standard InChI is InChI=1S/C17H20N2O3/c1-4-22-14-7-5-6-13(9-14)16(20)18-10-15-11(2)8-12(3)19-17(15)21/h5-9H,4,10H2,1-3H3,(H,18,20)(H,19,21). The summed E-state index contributed by atoms with van der Waals surface area (Å²) in [7, 11) is 0. The predicted octanol–water partition coefficient (Wildman–Crippen LogP) is 2.32. The van der Waals surface area contributed by atoms with Gasteiger partial charge in [-0.05, 0) is 50.6 Å². The zero-order valence-electron chi connectivity index (χ0n) is 13.0. The molecular weight excluding hydrogens is 280 g/mol. The van der Waals surface area contributed by atoms with Crippen LogP contribution in [0.25, 0.3) is 0 Å². The number of aryl methyl sites for hydroxylation is 2. The number of pyridine rings is 1. The summed E-state index contributed by atoms with van der Waals surface area (Å²) in [5, 5.41) is 2.77. The quantitative estimate of drug-likeness (QED) is 0.890. The van der Waals surface area contributed by atoms with Gasteiger partial charge in [0.25, 0.3) is 11.5 Å². The third-order valence-electron chi connectivity index (χ3n) is 3.33. The molecule has 1 amide bonds. The first-order valence-electron chi connectivity index (χ1n) is 7.21. The van der Waals surface area contributed by atoms with Gasteiger partial charge in [0.05, 0.1) is 6.61 Å². The molecule has 1 heterocycles. The maximum Gasteiger partial charge on any atom is 0.253 e. The van der Waals surface area contributed by atoms with E-state index >= 15 is 0 Å². The van der Waals surface area contributed by atoms with Crippen LogP contribution >= 0.6 is 0 Å². The first-order chi connectivity index (χ1) is 10.5. The molecule has 0 aliphatic heterocycles. The highest BCUT2D eigenvalue weighted by molar-refractivity contribution is 5.94. The van der Waals surface area contributed by atoms with Crippen LogP contribution in [0.2, 0.25) is 0 Å². The number of rotatable bonds is 5. The van der Waals surface area contributed by atoms with E-state index in [2.05, 4.69) is 10.3 Å². The van der Waals surface area contributed by atoms with Crippen LogP contribution in [-0.4, -0.2) is 17.5 Å². The fourth-order valence-corrected chi connectivity index (χ4v) is 2.27. The molecule has 0 unspecified atom stereocenters. The normalized spacial score (nSPS) is 10.3. The molecule has 0 aliphatic carbocycles. The average Bonchev–Trinajstić information content (AvgIpc) is 2.46. The van der Waals surface area contributed by atoms with E-state index in [1.165, 1.54) is 0 Å². The molecule has 2 N–H and O–H groups in total. The summed E-state index contributed by atoms with van der Waals surface area (Å²) in [4.78, 5) is 26.8. The molecule has 0 aliphatic rings. The van der Waals surface area contributed by atoms with E-state index < -0.39 is 0 Å². The van der Waals surface area contributed by atoms with E-state index in [4.69, 9.17) is 4.74 Å². The van der Waals surface area contributed by atoms with E-state index in [1.807, 2.05) is 26.8 Å². The molecule has 1 aromatic carbocycles. The highest BCUT2D eigenvalue weighted by Gasteiger charge is 2.10. The number of hydrogen-bond donors (Lipinski definition) is 2. The Balaban J connectivity index is 2.10. The number of aromatic nitrogens is 1. The van der Waals surface area contributed by atoms with Gasteiger partial charge in [0.2, 0.25) is 0 Å². The first-order valence-corrected chi connectivity index (χ1v) is 7.21. The molecule has 0 fully saturated rings. The molecule has 0 spiro atoms. The number of hydrogen-bond acceptors (Lipinski definition) is 3. The molecular formula is C17H20N2O3. The molecule has 2 aromatic rings. The van der Waals surface area contributed by atoms with Crippen LogP contribution in [0, 0.1) is 13.8 Å². The van der Waals surface area contributed by atoms with Gasteiger partial charge in [-0.25, -0.2) is 0 Å². The number of carbonyl (C=O) groups is 1. The second-order valence-corrected chi connectivity index (χ2v) is 5.09. The Morgan fingerprint density at radius 1 is 1.27 bits per heavy atom. The lowest BCUT2D eigenvalue weighted by atomic mass is 10.1. The van der Waals surface area contributed by atoms with Gasteiger partial charge in [-0.2, -0.15) is 0 Å². The Labute approximate surface area is 129 Å². The van der Waals surface area contributed by atoms with Crippen LogP contribution in [0.5, 0.6) is 5.75 Å². The second-order valence-electron chi connectivity index (χ2n) is 5.09. The van der Waals surface area contributed by atoms with Gasteiger partial charge in [-0.3, -0.25) is 9.59 Å². The Bertz CT molecular complexity index is 735. The summed E-state index contributed by atoms with van der Waals surface area (Å²) in [6, 6.07) is 8.85. The molecule has 116 valence electrons. The van der Waals surface area contributed by atoms with Crippen molar-refractivity contribution < 1.29 is 9.53 Å². The van der Waals surface area contributed by atoms with Crippen LogP contribution in [0.1, 0.15) is 34.1 Å². The molecule has 5 heteroatoms.